The molecule has 1 aromatic rings. The lowest BCUT2D eigenvalue weighted by atomic mass is 10.1. The molecule has 0 radical (unpaired) electrons. The minimum Gasteiger partial charge on any atom is -0.462 e. The van der Waals surface area contributed by atoms with Crippen molar-refractivity contribution in [2.24, 2.45) is 0 Å². The molecule has 0 saturated heterocycles. The van der Waals surface area contributed by atoms with E-state index in [1.54, 1.807) is 25.1 Å². The maximum absolute atomic E-state index is 11.4. The molecule has 0 atom stereocenters. The van der Waals surface area contributed by atoms with Crippen LogP contribution in [-0.2, 0) is 9.53 Å². The second-order valence-corrected chi connectivity index (χ2v) is 3.43. The van der Waals surface area contributed by atoms with Gasteiger partial charge in [0.15, 0.2) is 0 Å². The molecule has 0 bridgehead atoms. The molecular formula is C12H15NO3. The highest BCUT2D eigenvalue weighted by Gasteiger charge is 2.08. The van der Waals surface area contributed by atoms with Gasteiger partial charge in [-0.3, -0.25) is 4.79 Å². The number of anilines is 1. The molecule has 0 spiro atoms. The number of nitrogens with one attached hydrogen (secondary N) is 1. The lowest BCUT2D eigenvalue weighted by Crippen LogP contribution is -2.09. The zero-order valence-corrected chi connectivity index (χ0v) is 9.66. The largest absolute Gasteiger partial charge is 0.462 e. The number of ether oxygens (including phenoxy) is 1. The van der Waals surface area contributed by atoms with Gasteiger partial charge in [-0.05, 0) is 37.6 Å². The molecule has 0 heterocycles. The number of benzene rings is 1. The van der Waals surface area contributed by atoms with Crippen LogP contribution in [0.15, 0.2) is 18.2 Å². The lowest BCUT2D eigenvalue weighted by molar-refractivity contribution is -0.114. The molecule has 1 rings (SSSR count). The molecule has 4 nitrogen and oxygen atoms in total. The van der Waals surface area contributed by atoms with E-state index in [9.17, 15) is 9.59 Å². The fourth-order valence-corrected chi connectivity index (χ4v) is 1.33. The van der Waals surface area contributed by atoms with Gasteiger partial charge in [0.05, 0.1) is 12.2 Å². The Morgan fingerprint density at radius 3 is 2.56 bits per heavy atom. The zero-order chi connectivity index (χ0) is 12.1. The highest BCUT2D eigenvalue weighted by Crippen LogP contribution is 2.17. The van der Waals surface area contributed by atoms with Crippen LogP contribution in [0.4, 0.5) is 5.69 Å². The van der Waals surface area contributed by atoms with Crippen LogP contribution < -0.4 is 5.32 Å². The van der Waals surface area contributed by atoms with Gasteiger partial charge in [-0.2, -0.15) is 0 Å². The molecular weight excluding hydrogens is 206 g/mol. The highest BCUT2D eigenvalue weighted by molar-refractivity contribution is 5.93. The first-order valence-corrected chi connectivity index (χ1v) is 5.10. The quantitative estimate of drug-likeness (QED) is 0.795. The van der Waals surface area contributed by atoms with E-state index in [2.05, 4.69) is 5.32 Å². The standard InChI is InChI=1S/C12H15NO3/c1-4-16-12(15)10-5-6-11(8(2)7-10)13-9(3)14/h5-7H,4H2,1-3H3,(H,13,14). The predicted molar refractivity (Wildman–Crippen MR) is 61.4 cm³/mol. The SMILES string of the molecule is CCOC(=O)c1ccc(NC(C)=O)c(C)c1. The van der Waals surface area contributed by atoms with Gasteiger partial charge in [0.25, 0.3) is 0 Å². The summed E-state index contributed by atoms with van der Waals surface area (Å²) in [5.74, 6) is -0.480. The molecule has 0 fully saturated rings. The fraction of sp³-hybridized carbons (Fsp3) is 0.333. The van der Waals surface area contributed by atoms with Crippen molar-refractivity contribution in [2.75, 3.05) is 11.9 Å². The summed E-state index contributed by atoms with van der Waals surface area (Å²) in [4.78, 5) is 22.3. The monoisotopic (exact) mass is 221 g/mol. The van der Waals surface area contributed by atoms with Gasteiger partial charge < -0.3 is 10.1 Å². The normalized spacial score (nSPS) is 9.69. The maximum Gasteiger partial charge on any atom is 0.338 e. The van der Waals surface area contributed by atoms with Gasteiger partial charge in [0.2, 0.25) is 5.91 Å². The molecule has 0 aliphatic heterocycles. The third kappa shape index (κ3) is 3.08. The molecule has 86 valence electrons. The van der Waals surface area contributed by atoms with Crippen molar-refractivity contribution in [1.29, 1.82) is 0 Å². The van der Waals surface area contributed by atoms with Crippen LogP contribution in [0, 0.1) is 6.92 Å². The van der Waals surface area contributed by atoms with Crippen LogP contribution in [0.3, 0.4) is 0 Å². The van der Waals surface area contributed by atoms with E-state index < -0.39 is 0 Å². The first-order chi connectivity index (χ1) is 7.54. The molecule has 1 aromatic carbocycles. The number of aryl methyl sites for hydroxylation is 1. The predicted octanol–water partition coefficient (Wildman–Crippen LogP) is 2.13. The highest BCUT2D eigenvalue weighted by atomic mass is 16.5. The van der Waals surface area contributed by atoms with E-state index >= 15 is 0 Å². The Bertz CT molecular complexity index is 413. The van der Waals surface area contributed by atoms with Crippen molar-refractivity contribution in [3.05, 3.63) is 29.3 Å². The van der Waals surface area contributed by atoms with Crippen LogP contribution in [0.1, 0.15) is 29.8 Å². The van der Waals surface area contributed by atoms with E-state index in [1.807, 2.05) is 6.92 Å². The molecule has 1 amide bonds. The summed E-state index contributed by atoms with van der Waals surface area (Å²) in [6.45, 7) is 5.38. The Balaban J connectivity index is 2.90. The van der Waals surface area contributed by atoms with Gasteiger partial charge in [-0.15, -0.1) is 0 Å². The third-order valence-electron chi connectivity index (χ3n) is 2.05. The number of hydrogen-bond acceptors (Lipinski definition) is 3. The molecule has 1 N–H and O–H groups in total. The van der Waals surface area contributed by atoms with E-state index in [0.29, 0.717) is 17.9 Å². The molecule has 4 heteroatoms. The summed E-state index contributed by atoms with van der Waals surface area (Å²) in [5.41, 5.74) is 2.04. The summed E-state index contributed by atoms with van der Waals surface area (Å²) < 4.78 is 4.88. The minimum atomic E-state index is -0.347. The van der Waals surface area contributed by atoms with Crippen LogP contribution in [0.25, 0.3) is 0 Å². The molecule has 0 unspecified atom stereocenters. The fourth-order valence-electron chi connectivity index (χ4n) is 1.33. The van der Waals surface area contributed by atoms with Crippen molar-refractivity contribution in [3.63, 3.8) is 0 Å². The van der Waals surface area contributed by atoms with Crippen molar-refractivity contribution in [2.45, 2.75) is 20.8 Å². The minimum absolute atomic E-state index is 0.132. The average Bonchev–Trinajstić information content (AvgIpc) is 2.20. The summed E-state index contributed by atoms with van der Waals surface area (Å²) in [6.07, 6.45) is 0. The van der Waals surface area contributed by atoms with Crippen molar-refractivity contribution in [3.8, 4) is 0 Å². The van der Waals surface area contributed by atoms with Gasteiger partial charge >= 0.3 is 5.97 Å². The van der Waals surface area contributed by atoms with Gasteiger partial charge in [0, 0.05) is 12.6 Å². The maximum atomic E-state index is 11.4. The average molecular weight is 221 g/mol. The van der Waals surface area contributed by atoms with Gasteiger partial charge in [-0.1, -0.05) is 0 Å². The van der Waals surface area contributed by atoms with Crippen LogP contribution in [0.2, 0.25) is 0 Å². The smallest absolute Gasteiger partial charge is 0.338 e. The Kier molecular flexibility index (Phi) is 4.05. The van der Waals surface area contributed by atoms with Gasteiger partial charge in [0.1, 0.15) is 0 Å². The summed E-state index contributed by atoms with van der Waals surface area (Å²) in [7, 11) is 0. The van der Waals surface area contributed by atoms with Crippen molar-refractivity contribution < 1.29 is 14.3 Å². The zero-order valence-electron chi connectivity index (χ0n) is 9.66. The molecule has 0 aromatic heterocycles. The van der Waals surface area contributed by atoms with E-state index in [4.69, 9.17) is 4.74 Å². The molecule has 0 aliphatic rings. The molecule has 0 saturated carbocycles. The van der Waals surface area contributed by atoms with Crippen LogP contribution >= 0.6 is 0 Å². The number of amides is 1. The summed E-state index contributed by atoms with van der Waals surface area (Å²) in [5, 5.41) is 2.68. The molecule has 0 aliphatic carbocycles. The number of rotatable bonds is 3. The second kappa shape index (κ2) is 5.30. The number of carbonyl (C=O) groups excluding carboxylic acids is 2. The number of carbonyl (C=O) groups is 2. The van der Waals surface area contributed by atoms with E-state index in [0.717, 1.165) is 5.56 Å². The Morgan fingerprint density at radius 2 is 2.06 bits per heavy atom. The van der Waals surface area contributed by atoms with Crippen LogP contribution in [-0.4, -0.2) is 18.5 Å². The first-order valence-electron chi connectivity index (χ1n) is 5.10. The summed E-state index contributed by atoms with van der Waals surface area (Å²) >= 11 is 0. The van der Waals surface area contributed by atoms with Crippen LogP contribution in [0.5, 0.6) is 0 Å². The number of hydrogen-bond donors (Lipinski definition) is 1. The van der Waals surface area contributed by atoms with Crippen molar-refractivity contribution in [1.82, 2.24) is 0 Å². The second-order valence-electron chi connectivity index (χ2n) is 3.43. The Hall–Kier alpha value is -1.84. The summed E-state index contributed by atoms with van der Waals surface area (Å²) in [6, 6.07) is 5.03. The topological polar surface area (TPSA) is 55.4 Å². The Morgan fingerprint density at radius 1 is 1.38 bits per heavy atom. The third-order valence-corrected chi connectivity index (χ3v) is 2.05. The van der Waals surface area contributed by atoms with Gasteiger partial charge in [-0.25, -0.2) is 4.79 Å². The van der Waals surface area contributed by atoms with E-state index in [1.165, 1.54) is 6.92 Å². The first kappa shape index (κ1) is 12.2. The number of esters is 1. The Labute approximate surface area is 94.6 Å². The molecule has 16 heavy (non-hydrogen) atoms. The van der Waals surface area contributed by atoms with Crippen molar-refractivity contribution >= 4 is 17.6 Å². The lowest BCUT2D eigenvalue weighted by Gasteiger charge is -2.08. The van der Waals surface area contributed by atoms with E-state index in [-0.39, 0.29) is 11.9 Å².